The van der Waals surface area contributed by atoms with Gasteiger partial charge in [-0.1, -0.05) is 13.0 Å². The Labute approximate surface area is 109 Å². The first-order chi connectivity index (χ1) is 8.71. The van der Waals surface area contributed by atoms with Crippen molar-refractivity contribution in [1.82, 2.24) is 5.32 Å². The van der Waals surface area contributed by atoms with Gasteiger partial charge in [0.05, 0.1) is 13.2 Å². The molecule has 0 radical (unpaired) electrons. The number of hydrogen-bond acceptors (Lipinski definition) is 4. The van der Waals surface area contributed by atoms with Crippen LogP contribution in [0.4, 0.5) is 0 Å². The van der Waals surface area contributed by atoms with Crippen LogP contribution in [-0.4, -0.2) is 31.5 Å². The van der Waals surface area contributed by atoms with Crippen LogP contribution in [-0.2, 0) is 11.3 Å². The second-order valence-corrected chi connectivity index (χ2v) is 4.18. The van der Waals surface area contributed by atoms with E-state index in [1.165, 1.54) is 0 Å². The van der Waals surface area contributed by atoms with Crippen molar-refractivity contribution in [2.24, 2.45) is 0 Å². The maximum atomic E-state index is 9.61. The number of ether oxygens (including phenoxy) is 2. The minimum absolute atomic E-state index is 0.185. The van der Waals surface area contributed by atoms with Gasteiger partial charge in [0.25, 0.3) is 0 Å². The molecule has 1 unspecified atom stereocenters. The third-order valence-corrected chi connectivity index (χ3v) is 2.78. The Balaban J connectivity index is 2.58. The van der Waals surface area contributed by atoms with Gasteiger partial charge in [0, 0.05) is 19.7 Å². The van der Waals surface area contributed by atoms with Gasteiger partial charge in [-0.3, -0.25) is 0 Å². The highest BCUT2D eigenvalue weighted by atomic mass is 16.5. The lowest BCUT2D eigenvalue weighted by molar-refractivity contribution is 0.164. The largest absolute Gasteiger partial charge is 0.504 e. The van der Waals surface area contributed by atoms with Gasteiger partial charge < -0.3 is 19.9 Å². The summed E-state index contributed by atoms with van der Waals surface area (Å²) < 4.78 is 10.5. The van der Waals surface area contributed by atoms with Gasteiger partial charge in [0.15, 0.2) is 11.5 Å². The molecule has 0 spiro atoms. The van der Waals surface area contributed by atoms with Crippen molar-refractivity contribution in [3.8, 4) is 11.5 Å². The lowest BCUT2D eigenvalue weighted by atomic mass is 10.1. The molecule has 4 heteroatoms. The number of phenolic OH excluding ortho intramolecular Hbond substituents is 1. The highest BCUT2D eigenvalue weighted by Gasteiger charge is 2.07. The van der Waals surface area contributed by atoms with Crippen molar-refractivity contribution in [3.63, 3.8) is 0 Å². The third-order valence-electron chi connectivity index (χ3n) is 2.78. The first-order valence-electron chi connectivity index (χ1n) is 6.38. The van der Waals surface area contributed by atoms with Crippen molar-refractivity contribution in [2.45, 2.75) is 32.9 Å². The van der Waals surface area contributed by atoms with Gasteiger partial charge in [-0.15, -0.1) is 0 Å². The van der Waals surface area contributed by atoms with Crippen molar-refractivity contribution in [2.75, 3.05) is 20.3 Å². The fourth-order valence-corrected chi connectivity index (χ4v) is 1.72. The van der Waals surface area contributed by atoms with Crippen LogP contribution < -0.4 is 10.1 Å². The van der Waals surface area contributed by atoms with Crippen LogP contribution in [0, 0.1) is 0 Å². The van der Waals surface area contributed by atoms with Gasteiger partial charge in [0.1, 0.15) is 0 Å². The molecular formula is C14H23NO3. The van der Waals surface area contributed by atoms with Gasteiger partial charge >= 0.3 is 0 Å². The molecule has 4 nitrogen and oxygen atoms in total. The third kappa shape index (κ3) is 4.55. The van der Waals surface area contributed by atoms with Crippen LogP contribution in [0.5, 0.6) is 11.5 Å². The Morgan fingerprint density at radius 3 is 2.72 bits per heavy atom. The van der Waals surface area contributed by atoms with E-state index in [1.807, 2.05) is 19.1 Å². The zero-order valence-corrected chi connectivity index (χ0v) is 11.4. The van der Waals surface area contributed by atoms with Crippen molar-refractivity contribution >= 4 is 0 Å². The molecule has 0 bridgehead atoms. The molecule has 0 aliphatic heterocycles. The molecule has 0 saturated heterocycles. The molecule has 0 amide bonds. The van der Waals surface area contributed by atoms with Gasteiger partial charge in [-0.05, 0) is 31.0 Å². The Bertz CT molecular complexity index is 355. The SMILES string of the molecule is CCOc1cc(CNC(CC)COC)ccc1O. The number of methoxy groups -OCH3 is 1. The van der Waals surface area contributed by atoms with Crippen LogP contribution >= 0.6 is 0 Å². The van der Waals surface area contributed by atoms with Gasteiger partial charge in [-0.25, -0.2) is 0 Å². The summed E-state index contributed by atoms with van der Waals surface area (Å²) in [6.45, 7) is 6.01. The zero-order chi connectivity index (χ0) is 13.4. The number of benzene rings is 1. The first-order valence-corrected chi connectivity index (χ1v) is 6.38. The fraction of sp³-hybridized carbons (Fsp3) is 0.571. The molecule has 1 aromatic carbocycles. The molecule has 1 aromatic rings. The predicted molar refractivity (Wildman–Crippen MR) is 72.1 cm³/mol. The lowest BCUT2D eigenvalue weighted by Crippen LogP contribution is -2.31. The van der Waals surface area contributed by atoms with Crippen molar-refractivity contribution < 1.29 is 14.6 Å². The molecule has 1 atom stereocenters. The van der Waals surface area contributed by atoms with Crippen molar-refractivity contribution in [3.05, 3.63) is 23.8 Å². The van der Waals surface area contributed by atoms with E-state index < -0.39 is 0 Å². The molecule has 0 aliphatic carbocycles. The smallest absolute Gasteiger partial charge is 0.161 e. The highest BCUT2D eigenvalue weighted by Crippen LogP contribution is 2.26. The van der Waals surface area contributed by atoms with Gasteiger partial charge in [-0.2, -0.15) is 0 Å². The number of aromatic hydroxyl groups is 1. The molecule has 0 saturated carbocycles. The molecular weight excluding hydrogens is 230 g/mol. The average molecular weight is 253 g/mol. The van der Waals surface area contributed by atoms with Crippen LogP contribution in [0.15, 0.2) is 18.2 Å². The van der Waals surface area contributed by atoms with Crippen LogP contribution in [0.1, 0.15) is 25.8 Å². The zero-order valence-electron chi connectivity index (χ0n) is 11.4. The second-order valence-electron chi connectivity index (χ2n) is 4.18. The minimum Gasteiger partial charge on any atom is -0.504 e. The maximum Gasteiger partial charge on any atom is 0.161 e. The van der Waals surface area contributed by atoms with E-state index in [0.717, 1.165) is 18.5 Å². The molecule has 0 heterocycles. The lowest BCUT2D eigenvalue weighted by Gasteiger charge is -2.16. The molecule has 18 heavy (non-hydrogen) atoms. The summed E-state index contributed by atoms with van der Waals surface area (Å²) in [6, 6.07) is 5.77. The van der Waals surface area contributed by atoms with E-state index in [-0.39, 0.29) is 5.75 Å². The summed E-state index contributed by atoms with van der Waals surface area (Å²) in [4.78, 5) is 0. The average Bonchev–Trinajstić information content (AvgIpc) is 2.38. The molecule has 2 N–H and O–H groups in total. The molecule has 0 aromatic heterocycles. The van der Waals surface area contributed by atoms with E-state index in [0.29, 0.717) is 25.0 Å². The number of nitrogens with one attached hydrogen (secondary N) is 1. The predicted octanol–water partition coefficient (Wildman–Crippen LogP) is 2.31. The maximum absolute atomic E-state index is 9.61. The Morgan fingerprint density at radius 1 is 1.33 bits per heavy atom. The normalized spacial score (nSPS) is 12.4. The summed E-state index contributed by atoms with van der Waals surface area (Å²) in [5.74, 6) is 0.723. The van der Waals surface area contributed by atoms with Crippen LogP contribution in [0.25, 0.3) is 0 Å². The number of hydrogen-bond donors (Lipinski definition) is 2. The van der Waals surface area contributed by atoms with Crippen molar-refractivity contribution in [1.29, 1.82) is 0 Å². The number of rotatable bonds is 8. The second kappa shape index (κ2) is 7.95. The first kappa shape index (κ1) is 14.8. The Morgan fingerprint density at radius 2 is 2.11 bits per heavy atom. The Hall–Kier alpha value is -1.26. The topological polar surface area (TPSA) is 50.7 Å². The summed E-state index contributed by atoms with van der Waals surface area (Å²) >= 11 is 0. The highest BCUT2D eigenvalue weighted by molar-refractivity contribution is 5.41. The molecule has 0 aliphatic rings. The van der Waals surface area contributed by atoms with E-state index in [4.69, 9.17) is 9.47 Å². The summed E-state index contributed by atoms with van der Waals surface area (Å²) in [6.07, 6.45) is 1.02. The van der Waals surface area contributed by atoms with E-state index in [9.17, 15) is 5.11 Å². The Kier molecular flexibility index (Phi) is 6.54. The van der Waals surface area contributed by atoms with E-state index >= 15 is 0 Å². The van der Waals surface area contributed by atoms with E-state index in [1.54, 1.807) is 13.2 Å². The molecule has 1 rings (SSSR count). The molecule has 0 fully saturated rings. The van der Waals surface area contributed by atoms with E-state index in [2.05, 4.69) is 12.2 Å². The standard InChI is InChI=1S/C14H23NO3/c1-4-12(10-17-3)15-9-11-6-7-13(16)14(8-11)18-5-2/h6-8,12,15-16H,4-5,9-10H2,1-3H3. The summed E-state index contributed by atoms with van der Waals surface area (Å²) in [5.41, 5.74) is 1.09. The summed E-state index contributed by atoms with van der Waals surface area (Å²) in [5, 5.41) is 13.0. The minimum atomic E-state index is 0.185. The summed E-state index contributed by atoms with van der Waals surface area (Å²) in [7, 11) is 1.71. The monoisotopic (exact) mass is 253 g/mol. The van der Waals surface area contributed by atoms with Crippen LogP contribution in [0.2, 0.25) is 0 Å². The molecule has 102 valence electrons. The van der Waals surface area contributed by atoms with Crippen LogP contribution in [0.3, 0.4) is 0 Å². The van der Waals surface area contributed by atoms with Gasteiger partial charge in [0.2, 0.25) is 0 Å². The quantitative estimate of drug-likeness (QED) is 0.746. The fourth-order valence-electron chi connectivity index (χ4n) is 1.72. The number of phenols is 1.